The third-order valence-corrected chi connectivity index (χ3v) is 5.54. The lowest BCUT2D eigenvalue weighted by atomic mass is 9.94. The van der Waals surface area contributed by atoms with E-state index in [0.717, 1.165) is 47.7 Å². The van der Waals surface area contributed by atoms with Gasteiger partial charge in [0, 0.05) is 35.5 Å². The minimum Gasteiger partial charge on any atom is -0.461 e. The molecule has 1 amide bonds. The van der Waals surface area contributed by atoms with Gasteiger partial charge in [-0.25, -0.2) is 0 Å². The number of rotatable bonds is 4. The Kier molecular flexibility index (Phi) is 4.24. The van der Waals surface area contributed by atoms with Gasteiger partial charge in [0.05, 0.1) is 5.57 Å². The molecule has 0 radical (unpaired) electrons. The lowest BCUT2D eigenvalue weighted by molar-refractivity contribution is -0.110. The normalized spacial score (nSPS) is 16.6. The van der Waals surface area contributed by atoms with Crippen molar-refractivity contribution in [1.82, 2.24) is 0 Å². The lowest BCUT2D eigenvalue weighted by Gasteiger charge is -2.12. The van der Waals surface area contributed by atoms with E-state index >= 15 is 0 Å². The van der Waals surface area contributed by atoms with Crippen LogP contribution in [-0.4, -0.2) is 5.91 Å². The van der Waals surface area contributed by atoms with Crippen LogP contribution in [0.4, 0.5) is 11.4 Å². The standard InChI is InChI=1S/C24H22N2O2/c27-24-19(17-10-4-6-12-21(17)26-24)14-23-20(15-25-16-8-2-1-3-9-16)18-11-5-7-13-22(18)28-23/h1-4,6,8-10,12,14,25H,5,7,11,13,15H2,(H,26,27). The smallest absolute Gasteiger partial charge is 0.256 e. The maximum absolute atomic E-state index is 12.5. The zero-order valence-corrected chi connectivity index (χ0v) is 15.6. The second-order valence-corrected chi connectivity index (χ2v) is 7.33. The van der Waals surface area contributed by atoms with E-state index in [0.29, 0.717) is 12.1 Å². The van der Waals surface area contributed by atoms with E-state index < -0.39 is 0 Å². The number of carbonyl (C=O) groups is 1. The first-order valence-electron chi connectivity index (χ1n) is 9.84. The van der Waals surface area contributed by atoms with Gasteiger partial charge in [0.15, 0.2) is 0 Å². The van der Waals surface area contributed by atoms with Crippen molar-refractivity contribution in [2.45, 2.75) is 32.2 Å². The van der Waals surface area contributed by atoms with Gasteiger partial charge in [0.1, 0.15) is 11.5 Å². The van der Waals surface area contributed by atoms with E-state index in [9.17, 15) is 4.79 Å². The van der Waals surface area contributed by atoms with Crippen molar-refractivity contribution in [2.75, 3.05) is 10.6 Å². The molecular weight excluding hydrogens is 348 g/mol. The number of nitrogens with one attached hydrogen (secondary N) is 2. The minimum absolute atomic E-state index is 0.0717. The molecule has 2 aromatic carbocycles. The molecule has 0 saturated carbocycles. The summed E-state index contributed by atoms with van der Waals surface area (Å²) in [4.78, 5) is 12.5. The van der Waals surface area contributed by atoms with Gasteiger partial charge in [-0.1, -0.05) is 36.4 Å². The number of fused-ring (bicyclic) bond motifs is 2. The van der Waals surface area contributed by atoms with Gasteiger partial charge < -0.3 is 15.1 Å². The molecule has 4 nitrogen and oxygen atoms in total. The van der Waals surface area contributed by atoms with Crippen LogP contribution >= 0.6 is 0 Å². The summed E-state index contributed by atoms with van der Waals surface area (Å²) < 4.78 is 6.25. The van der Waals surface area contributed by atoms with Crippen molar-refractivity contribution in [3.8, 4) is 0 Å². The molecule has 140 valence electrons. The van der Waals surface area contributed by atoms with E-state index in [1.807, 2.05) is 48.5 Å². The summed E-state index contributed by atoms with van der Waals surface area (Å²) in [5, 5.41) is 6.45. The molecule has 0 fully saturated rings. The van der Waals surface area contributed by atoms with Gasteiger partial charge in [0.25, 0.3) is 5.91 Å². The van der Waals surface area contributed by atoms with Crippen LogP contribution < -0.4 is 10.6 Å². The number of carbonyl (C=O) groups excluding carboxylic acids is 1. The second kappa shape index (κ2) is 7.04. The van der Waals surface area contributed by atoms with Crippen LogP contribution in [0.15, 0.2) is 59.0 Å². The molecule has 1 aromatic heterocycles. The maximum atomic E-state index is 12.5. The Morgan fingerprint density at radius 1 is 1.00 bits per heavy atom. The molecule has 0 atom stereocenters. The Labute approximate surface area is 164 Å². The van der Waals surface area contributed by atoms with E-state index in [1.54, 1.807) is 0 Å². The van der Waals surface area contributed by atoms with E-state index in [1.165, 1.54) is 17.5 Å². The van der Waals surface area contributed by atoms with E-state index in [4.69, 9.17) is 4.42 Å². The molecular formula is C24H22N2O2. The topological polar surface area (TPSA) is 54.3 Å². The molecule has 28 heavy (non-hydrogen) atoms. The Morgan fingerprint density at radius 3 is 2.68 bits per heavy atom. The third kappa shape index (κ3) is 3.01. The van der Waals surface area contributed by atoms with Crippen LogP contribution in [0, 0.1) is 0 Å². The van der Waals surface area contributed by atoms with Crippen LogP contribution in [0.1, 0.15) is 41.1 Å². The molecule has 2 aliphatic rings. The monoisotopic (exact) mass is 370 g/mol. The number of amides is 1. The average Bonchev–Trinajstić information content (AvgIpc) is 3.24. The first-order chi connectivity index (χ1) is 13.8. The van der Waals surface area contributed by atoms with Crippen molar-refractivity contribution in [1.29, 1.82) is 0 Å². The Balaban J connectivity index is 1.54. The highest BCUT2D eigenvalue weighted by molar-refractivity contribution is 6.34. The lowest BCUT2D eigenvalue weighted by Crippen LogP contribution is -2.06. The number of aryl methyl sites for hydroxylation is 1. The van der Waals surface area contributed by atoms with Crippen molar-refractivity contribution in [3.05, 3.63) is 82.8 Å². The number of furan rings is 1. The predicted molar refractivity (Wildman–Crippen MR) is 112 cm³/mol. The fourth-order valence-electron chi connectivity index (χ4n) is 4.12. The molecule has 1 aliphatic heterocycles. The summed E-state index contributed by atoms with van der Waals surface area (Å²) in [6.07, 6.45) is 6.27. The van der Waals surface area contributed by atoms with Crippen molar-refractivity contribution in [3.63, 3.8) is 0 Å². The zero-order valence-electron chi connectivity index (χ0n) is 15.6. The third-order valence-electron chi connectivity index (χ3n) is 5.54. The Bertz CT molecular complexity index is 1060. The average molecular weight is 370 g/mol. The summed E-state index contributed by atoms with van der Waals surface area (Å²) in [7, 11) is 0. The largest absolute Gasteiger partial charge is 0.461 e. The first kappa shape index (κ1) is 16.9. The number of benzene rings is 2. The molecule has 0 spiro atoms. The summed E-state index contributed by atoms with van der Waals surface area (Å²) in [5.41, 5.74) is 6.03. The number of anilines is 2. The highest BCUT2D eigenvalue weighted by Gasteiger charge is 2.26. The summed E-state index contributed by atoms with van der Waals surface area (Å²) in [6, 6.07) is 18.0. The van der Waals surface area contributed by atoms with Crippen molar-refractivity contribution >= 4 is 28.9 Å². The molecule has 0 unspecified atom stereocenters. The second-order valence-electron chi connectivity index (χ2n) is 7.33. The van der Waals surface area contributed by atoms with Crippen LogP contribution in [0.3, 0.4) is 0 Å². The first-order valence-corrected chi connectivity index (χ1v) is 9.84. The summed E-state index contributed by atoms with van der Waals surface area (Å²) in [6.45, 7) is 0.686. The summed E-state index contributed by atoms with van der Waals surface area (Å²) >= 11 is 0. The predicted octanol–water partition coefficient (Wildman–Crippen LogP) is 5.26. The van der Waals surface area contributed by atoms with Gasteiger partial charge >= 0.3 is 0 Å². The van der Waals surface area contributed by atoms with Crippen LogP contribution in [0.2, 0.25) is 0 Å². The number of para-hydroxylation sites is 2. The molecule has 2 N–H and O–H groups in total. The van der Waals surface area contributed by atoms with E-state index in [-0.39, 0.29) is 5.91 Å². The fourth-order valence-corrected chi connectivity index (χ4v) is 4.12. The molecule has 4 heteroatoms. The van der Waals surface area contributed by atoms with Gasteiger partial charge in [-0.15, -0.1) is 0 Å². The molecule has 0 saturated heterocycles. The van der Waals surface area contributed by atoms with Gasteiger partial charge in [-0.3, -0.25) is 4.79 Å². The highest BCUT2D eigenvalue weighted by Crippen LogP contribution is 2.36. The number of hydrogen-bond donors (Lipinski definition) is 2. The zero-order chi connectivity index (χ0) is 18.9. The SMILES string of the molecule is O=C1Nc2ccccc2C1=Cc1oc2c(c1CNc1ccccc1)CCCC2. The van der Waals surface area contributed by atoms with Gasteiger partial charge in [-0.2, -0.15) is 0 Å². The van der Waals surface area contributed by atoms with E-state index in [2.05, 4.69) is 22.8 Å². The van der Waals surface area contributed by atoms with Crippen LogP contribution in [0.5, 0.6) is 0 Å². The molecule has 1 aliphatic carbocycles. The minimum atomic E-state index is -0.0717. The Hall–Kier alpha value is -3.27. The van der Waals surface area contributed by atoms with Crippen molar-refractivity contribution in [2.24, 2.45) is 0 Å². The van der Waals surface area contributed by atoms with Crippen LogP contribution in [-0.2, 0) is 24.2 Å². The Morgan fingerprint density at radius 2 is 1.79 bits per heavy atom. The van der Waals surface area contributed by atoms with Crippen molar-refractivity contribution < 1.29 is 9.21 Å². The quantitative estimate of drug-likeness (QED) is 0.616. The molecule has 5 rings (SSSR count). The fraction of sp³-hybridized carbons (Fsp3) is 0.208. The molecule has 0 bridgehead atoms. The van der Waals surface area contributed by atoms with Crippen LogP contribution in [0.25, 0.3) is 11.6 Å². The molecule has 3 aromatic rings. The summed E-state index contributed by atoms with van der Waals surface area (Å²) in [5.74, 6) is 1.81. The van der Waals surface area contributed by atoms with Gasteiger partial charge in [0.2, 0.25) is 0 Å². The highest BCUT2D eigenvalue weighted by atomic mass is 16.3. The maximum Gasteiger partial charge on any atom is 0.256 e. The van der Waals surface area contributed by atoms with Gasteiger partial charge in [-0.05, 0) is 49.1 Å². The number of hydrogen-bond acceptors (Lipinski definition) is 3. The molecule has 2 heterocycles.